The van der Waals surface area contributed by atoms with E-state index in [9.17, 15) is 14.4 Å². The van der Waals surface area contributed by atoms with E-state index in [1.54, 1.807) is 18.2 Å². The summed E-state index contributed by atoms with van der Waals surface area (Å²) >= 11 is 3.48. The molecule has 2 aromatic carbocycles. The molecule has 1 heterocycles. The minimum absolute atomic E-state index is 0.00203. The molecule has 0 fully saturated rings. The molecule has 0 bridgehead atoms. The van der Waals surface area contributed by atoms with Crippen molar-refractivity contribution in [1.82, 2.24) is 0 Å². The molecule has 5 nitrogen and oxygen atoms in total. The maximum atomic E-state index is 13.6. The van der Waals surface area contributed by atoms with Crippen molar-refractivity contribution < 1.29 is 18.7 Å². The number of nitrogens with two attached hydrogens (primary N) is 1. The summed E-state index contributed by atoms with van der Waals surface area (Å²) in [6, 6.07) is 13.7. The number of carbonyl (C=O) groups excluding carboxylic acids is 1. The van der Waals surface area contributed by atoms with Crippen molar-refractivity contribution in [1.29, 1.82) is 5.26 Å². The Hall–Kier alpha value is -3.11. The summed E-state index contributed by atoms with van der Waals surface area (Å²) in [5.74, 6) is -0.139. The first-order valence-electron chi connectivity index (χ1n) is 10.2. The number of allylic oxidation sites excluding steroid dienone is 3. The van der Waals surface area contributed by atoms with Crippen LogP contribution in [0.3, 0.4) is 0 Å². The van der Waals surface area contributed by atoms with Crippen molar-refractivity contribution in [3.05, 3.63) is 86.7 Å². The Morgan fingerprint density at radius 1 is 1.28 bits per heavy atom. The Morgan fingerprint density at radius 2 is 2.06 bits per heavy atom. The van der Waals surface area contributed by atoms with Crippen LogP contribution in [0, 0.1) is 22.6 Å². The highest BCUT2D eigenvalue weighted by molar-refractivity contribution is 9.10. The number of hydrogen-bond acceptors (Lipinski definition) is 5. The number of nitriles is 1. The lowest BCUT2D eigenvalue weighted by atomic mass is 9.70. The van der Waals surface area contributed by atoms with Crippen LogP contribution in [0.15, 0.2) is 69.7 Å². The van der Waals surface area contributed by atoms with Crippen LogP contribution >= 0.6 is 15.9 Å². The Morgan fingerprint density at radius 3 is 2.78 bits per heavy atom. The summed E-state index contributed by atoms with van der Waals surface area (Å²) in [5, 5.41) is 9.88. The van der Waals surface area contributed by atoms with Crippen LogP contribution in [0.4, 0.5) is 4.39 Å². The second kappa shape index (κ2) is 8.44. The number of hydrogen-bond donors (Lipinski definition) is 1. The summed E-state index contributed by atoms with van der Waals surface area (Å²) in [4.78, 5) is 13.2. The molecular formula is C25H22BrFN2O3. The van der Waals surface area contributed by atoms with Crippen molar-refractivity contribution in [2.24, 2.45) is 11.1 Å². The van der Waals surface area contributed by atoms with Gasteiger partial charge < -0.3 is 15.2 Å². The fourth-order valence-corrected chi connectivity index (χ4v) is 4.64. The third-order valence-corrected chi connectivity index (χ3v) is 6.13. The molecule has 0 aromatic heterocycles. The smallest absolute Gasteiger partial charge is 0.205 e. The van der Waals surface area contributed by atoms with Crippen LogP contribution in [0.1, 0.15) is 43.7 Å². The molecule has 7 heteroatoms. The van der Waals surface area contributed by atoms with E-state index in [1.165, 1.54) is 12.1 Å². The lowest BCUT2D eigenvalue weighted by Crippen LogP contribution is -2.33. The highest BCUT2D eigenvalue weighted by Gasteiger charge is 2.43. The van der Waals surface area contributed by atoms with E-state index in [0.29, 0.717) is 41.1 Å². The molecule has 0 saturated heterocycles. The fraction of sp³-hybridized carbons (Fsp3) is 0.280. The van der Waals surface area contributed by atoms with Gasteiger partial charge in [-0.25, -0.2) is 4.39 Å². The number of halogens is 2. The highest BCUT2D eigenvalue weighted by Crippen LogP contribution is 2.49. The van der Waals surface area contributed by atoms with Crippen LogP contribution in [-0.4, -0.2) is 5.78 Å². The molecule has 2 aliphatic rings. The number of carbonyl (C=O) groups is 1. The minimum Gasteiger partial charge on any atom is -0.489 e. The molecular weight excluding hydrogens is 475 g/mol. The zero-order valence-corrected chi connectivity index (χ0v) is 19.3. The first kappa shape index (κ1) is 22.1. The van der Waals surface area contributed by atoms with Crippen molar-refractivity contribution >= 4 is 21.7 Å². The summed E-state index contributed by atoms with van der Waals surface area (Å²) in [7, 11) is 0. The summed E-state index contributed by atoms with van der Waals surface area (Å²) in [6.07, 6.45) is 0.884. The number of Topliss-reactive ketones (excluding diaryl/α,β-unsaturated/α-hetero) is 1. The number of ketones is 1. The number of rotatable bonds is 4. The summed E-state index contributed by atoms with van der Waals surface area (Å²) in [5.41, 5.74) is 7.77. The molecule has 1 atom stereocenters. The van der Waals surface area contributed by atoms with Crippen LogP contribution in [0.2, 0.25) is 0 Å². The minimum atomic E-state index is -0.702. The average Bonchev–Trinajstić information content (AvgIpc) is 2.71. The molecule has 0 amide bonds. The molecule has 164 valence electrons. The van der Waals surface area contributed by atoms with Crippen LogP contribution < -0.4 is 10.5 Å². The lowest BCUT2D eigenvalue weighted by Gasteiger charge is -2.37. The third-order valence-electron chi connectivity index (χ3n) is 5.64. The molecule has 32 heavy (non-hydrogen) atoms. The van der Waals surface area contributed by atoms with Crippen molar-refractivity contribution in [2.75, 3.05) is 0 Å². The zero-order valence-electron chi connectivity index (χ0n) is 17.7. The van der Waals surface area contributed by atoms with Crippen molar-refractivity contribution in [2.45, 2.75) is 39.2 Å². The van der Waals surface area contributed by atoms with Gasteiger partial charge in [0.05, 0.1) is 5.92 Å². The Labute approximate surface area is 194 Å². The molecule has 2 N–H and O–H groups in total. The Balaban J connectivity index is 1.80. The normalized spacial score (nSPS) is 19.8. The van der Waals surface area contributed by atoms with Gasteiger partial charge in [0.25, 0.3) is 0 Å². The SMILES string of the molecule is CC1(C)CC(=O)C2=C(C1)OC(N)=C(C#N)[C@H]2c1cc(Br)ccc1OCc1cccc(F)c1. The fourth-order valence-electron chi connectivity index (χ4n) is 4.26. The molecule has 4 rings (SSSR count). The molecule has 0 radical (unpaired) electrons. The van der Waals surface area contributed by atoms with Crippen LogP contribution in [0.5, 0.6) is 5.75 Å². The standard InChI is InChI=1S/C25H22BrFN2O3/c1-25(2)10-19(30)23-21(11-25)32-24(29)18(12-28)22(23)17-9-15(26)6-7-20(17)31-13-14-4-3-5-16(27)8-14/h3-9,22H,10-11,13,29H2,1-2H3/t22-/m1/s1. The topological polar surface area (TPSA) is 85.3 Å². The van der Waals surface area contributed by atoms with Gasteiger partial charge in [0.2, 0.25) is 5.88 Å². The van der Waals surface area contributed by atoms with Crippen molar-refractivity contribution in [3.8, 4) is 11.8 Å². The number of nitrogens with zero attached hydrogens (tertiary/aromatic N) is 1. The van der Waals surface area contributed by atoms with E-state index >= 15 is 0 Å². The quantitative estimate of drug-likeness (QED) is 0.593. The second-order valence-corrected chi connectivity index (χ2v) is 9.72. The zero-order chi connectivity index (χ0) is 23.0. The molecule has 2 aromatic rings. The maximum absolute atomic E-state index is 13.6. The largest absolute Gasteiger partial charge is 0.489 e. The van der Waals surface area contributed by atoms with Crippen LogP contribution in [0.25, 0.3) is 0 Å². The van der Waals surface area contributed by atoms with E-state index < -0.39 is 5.92 Å². The van der Waals surface area contributed by atoms with Gasteiger partial charge in [0.1, 0.15) is 35.6 Å². The third kappa shape index (κ3) is 4.28. The van der Waals surface area contributed by atoms with E-state index in [0.717, 1.165) is 4.47 Å². The first-order valence-corrected chi connectivity index (χ1v) is 11.0. The second-order valence-electron chi connectivity index (χ2n) is 8.80. The predicted molar refractivity (Wildman–Crippen MR) is 121 cm³/mol. The monoisotopic (exact) mass is 496 g/mol. The predicted octanol–water partition coefficient (Wildman–Crippen LogP) is 5.62. The van der Waals surface area contributed by atoms with E-state index in [1.807, 2.05) is 26.0 Å². The number of ether oxygens (including phenoxy) is 2. The van der Waals surface area contributed by atoms with Crippen molar-refractivity contribution in [3.63, 3.8) is 0 Å². The van der Waals surface area contributed by atoms with Gasteiger partial charge in [-0.2, -0.15) is 5.26 Å². The van der Waals surface area contributed by atoms with Gasteiger partial charge in [-0.3, -0.25) is 4.79 Å². The van der Waals surface area contributed by atoms with Crippen LogP contribution in [-0.2, 0) is 16.1 Å². The van der Waals surface area contributed by atoms with Gasteiger partial charge in [0, 0.05) is 28.5 Å². The van der Waals surface area contributed by atoms with E-state index in [2.05, 4.69) is 22.0 Å². The lowest BCUT2D eigenvalue weighted by molar-refractivity contribution is -0.119. The summed E-state index contributed by atoms with van der Waals surface area (Å²) < 4.78 is 26.1. The molecule has 1 aliphatic carbocycles. The first-order chi connectivity index (χ1) is 15.2. The van der Waals surface area contributed by atoms with Gasteiger partial charge in [-0.1, -0.05) is 41.9 Å². The van der Waals surface area contributed by atoms with Gasteiger partial charge in [-0.05, 0) is 41.3 Å². The summed E-state index contributed by atoms with van der Waals surface area (Å²) in [6.45, 7) is 4.13. The van der Waals surface area contributed by atoms with Gasteiger partial charge in [0.15, 0.2) is 5.78 Å². The number of benzene rings is 2. The molecule has 0 saturated carbocycles. The molecule has 0 unspecified atom stereocenters. The average molecular weight is 497 g/mol. The molecule has 1 aliphatic heterocycles. The Kier molecular flexibility index (Phi) is 5.83. The Bertz CT molecular complexity index is 1210. The maximum Gasteiger partial charge on any atom is 0.205 e. The highest BCUT2D eigenvalue weighted by atomic mass is 79.9. The van der Waals surface area contributed by atoms with E-state index in [-0.39, 0.29) is 35.1 Å². The van der Waals surface area contributed by atoms with Gasteiger partial charge >= 0.3 is 0 Å². The van der Waals surface area contributed by atoms with E-state index in [4.69, 9.17) is 15.2 Å². The molecule has 0 spiro atoms. The van der Waals surface area contributed by atoms with Gasteiger partial charge in [-0.15, -0.1) is 0 Å².